The summed E-state index contributed by atoms with van der Waals surface area (Å²) in [6.45, 7) is 8.09. The van der Waals surface area contributed by atoms with Crippen LogP contribution < -0.4 is 0 Å². The molecule has 0 saturated carbocycles. The summed E-state index contributed by atoms with van der Waals surface area (Å²) in [5.74, 6) is 0.290. The standard InChI is InChI=1S/C13H22ClN3O3/c1-4-20-13(18)12-11(9-14)17(16-15-12)6-8-19-7-5-10(2)3/h10H,4-9H2,1-3H3. The molecule has 0 saturated heterocycles. The van der Waals surface area contributed by atoms with Crippen molar-refractivity contribution in [2.24, 2.45) is 5.92 Å². The number of halogens is 1. The van der Waals surface area contributed by atoms with E-state index in [-0.39, 0.29) is 11.6 Å². The van der Waals surface area contributed by atoms with E-state index in [2.05, 4.69) is 24.2 Å². The van der Waals surface area contributed by atoms with Crippen LogP contribution in [0.15, 0.2) is 0 Å². The minimum Gasteiger partial charge on any atom is -0.461 e. The van der Waals surface area contributed by atoms with Crippen molar-refractivity contribution in [2.45, 2.75) is 39.6 Å². The lowest BCUT2D eigenvalue weighted by molar-refractivity contribution is 0.0518. The van der Waals surface area contributed by atoms with E-state index in [1.54, 1.807) is 11.6 Å². The lowest BCUT2D eigenvalue weighted by Crippen LogP contribution is -2.13. The largest absolute Gasteiger partial charge is 0.461 e. The summed E-state index contributed by atoms with van der Waals surface area (Å²) in [6.07, 6.45) is 1.02. The van der Waals surface area contributed by atoms with E-state index in [4.69, 9.17) is 21.1 Å². The lowest BCUT2D eigenvalue weighted by Gasteiger charge is -2.08. The van der Waals surface area contributed by atoms with Gasteiger partial charge in [0.2, 0.25) is 0 Å². The number of esters is 1. The van der Waals surface area contributed by atoms with Gasteiger partial charge in [0.25, 0.3) is 0 Å². The van der Waals surface area contributed by atoms with Gasteiger partial charge in [-0.15, -0.1) is 16.7 Å². The third-order valence-corrected chi connectivity index (χ3v) is 2.97. The number of carbonyl (C=O) groups excluding carboxylic acids is 1. The SMILES string of the molecule is CCOC(=O)c1nnn(CCOCCC(C)C)c1CCl. The maximum atomic E-state index is 11.7. The number of ether oxygens (including phenoxy) is 2. The molecule has 20 heavy (non-hydrogen) atoms. The molecule has 0 aromatic carbocycles. The minimum absolute atomic E-state index is 0.160. The maximum absolute atomic E-state index is 11.7. The Labute approximate surface area is 124 Å². The number of rotatable bonds is 9. The van der Waals surface area contributed by atoms with Gasteiger partial charge >= 0.3 is 5.97 Å². The average Bonchev–Trinajstić information content (AvgIpc) is 2.81. The third-order valence-electron chi connectivity index (χ3n) is 2.72. The van der Waals surface area contributed by atoms with Crippen LogP contribution in [0.4, 0.5) is 0 Å². The predicted molar refractivity (Wildman–Crippen MR) is 75.8 cm³/mol. The summed E-state index contributed by atoms with van der Waals surface area (Å²) in [7, 11) is 0. The highest BCUT2D eigenvalue weighted by Gasteiger charge is 2.19. The Bertz CT molecular complexity index is 421. The number of nitrogens with zero attached hydrogens (tertiary/aromatic N) is 3. The molecule has 0 aliphatic carbocycles. The van der Waals surface area contributed by atoms with Crippen LogP contribution in [0.2, 0.25) is 0 Å². The van der Waals surface area contributed by atoms with Gasteiger partial charge in [-0.05, 0) is 19.3 Å². The van der Waals surface area contributed by atoms with Gasteiger partial charge in [0.1, 0.15) is 0 Å². The van der Waals surface area contributed by atoms with Crippen LogP contribution in [0.1, 0.15) is 43.4 Å². The van der Waals surface area contributed by atoms with Crippen molar-refractivity contribution in [2.75, 3.05) is 19.8 Å². The van der Waals surface area contributed by atoms with Crippen molar-refractivity contribution in [1.29, 1.82) is 0 Å². The van der Waals surface area contributed by atoms with Gasteiger partial charge in [0, 0.05) is 6.61 Å². The Balaban J connectivity index is 2.52. The van der Waals surface area contributed by atoms with Gasteiger partial charge in [-0.2, -0.15) is 0 Å². The first-order chi connectivity index (χ1) is 9.60. The van der Waals surface area contributed by atoms with Crippen molar-refractivity contribution in [1.82, 2.24) is 15.0 Å². The van der Waals surface area contributed by atoms with Crippen molar-refractivity contribution < 1.29 is 14.3 Å². The Hall–Kier alpha value is -1.14. The zero-order valence-electron chi connectivity index (χ0n) is 12.3. The first kappa shape index (κ1) is 16.9. The molecular weight excluding hydrogens is 282 g/mol. The second-order valence-electron chi connectivity index (χ2n) is 4.76. The van der Waals surface area contributed by atoms with Gasteiger partial charge in [-0.1, -0.05) is 19.1 Å². The molecule has 1 aromatic rings. The van der Waals surface area contributed by atoms with Crippen molar-refractivity contribution >= 4 is 17.6 Å². The monoisotopic (exact) mass is 303 g/mol. The van der Waals surface area contributed by atoms with Gasteiger partial charge in [0.15, 0.2) is 5.69 Å². The van der Waals surface area contributed by atoms with Crippen LogP contribution in [-0.4, -0.2) is 40.8 Å². The van der Waals surface area contributed by atoms with E-state index in [0.717, 1.165) is 6.42 Å². The van der Waals surface area contributed by atoms with Gasteiger partial charge in [0.05, 0.1) is 31.3 Å². The summed E-state index contributed by atoms with van der Waals surface area (Å²) in [4.78, 5) is 11.7. The quantitative estimate of drug-likeness (QED) is 0.398. The van der Waals surface area contributed by atoms with Crippen LogP contribution in [0.3, 0.4) is 0 Å². The second-order valence-corrected chi connectivity index (χ2v) is 5.02. The maximum Gasteiger partial charge on any atom is 0.360 e. The fourth-order valence-electron chi connectivity index (χ4n) is 1.57. The zero-order valence-corrected chi connectivity index (χ0v) is 13.0. The minimum atomic E-state index is -0.491. The molecule has 0 radical (unpaired) electrons. The number of carbonyl (C=O) groups is 1. The first-order valence-corrected chi connectivity index (χ1v) is 7.36. The molecule has 0 aliphatic heterocycles. The lowest BCUT2D eigenvalue weighted by atomic mass is 10.1. The Morgan fingerprint density at radius 1 is 1.40 bits per heavy atom. The van der Waals surface area contributed by atoms with Crippen molar-refractivity contribution in [3.8, 4) is 0 Å². The van der Waals surface area contributed by atoms with Crippen molar-refractivity contribution in [3.63, 3.8) is 0 Å². The Morgan fingerprint density at radius 2 is 2.15 bits per heavy atom. The normalized spacial score (nSPS) is 11.1. The molecule has 0 atom stereocenters. The highest BCUT2D eigenvalue weighted by Crippen LogP contribution is 2.10. The highest BCUT2D eigenvalue weighted by atomic mass is 35.5. The molecule has 6 nitrogen and oxygen atoms in total. The first-order valence-electron chi connectivity index (χ1n) is 6.83. The molecule has 0 spiro atoms. The molecule has 0 fully saturated rings. The fraction of sp³-hybridized carbons (Fsp3) is 0.769. The summed E-state index contributed by atoms with van der Waals surface area (Å²) < 4.78 is 12.0. The highest BCUT2D eigenvalue weighted by molar-refractivity contribution is 6.17. The topological polar surface area (TPSA) is 66.2 Å². The fourth-order valence-corrected chi connectivity index (χ4v) is 1.84. The van der Waals surface area contributed by atoms with Crippen molar-refractivity contribution in [3.05, 3.63) is 11.4 Å². The summed E-state index contributed by atoms with van der Waals surface area (Å²) >= 11 is 5.86. The van der Waals surface area contributed by atoms with Gasteiger partial charge < -0.3 is 9.47 Å². The van der Waals surface area contributed by atoms with E-state index >= 15 is 0 Å². The molecule has 7 heteroatoms. The predicted octanol–water partition coefficient (Wildman–Crippen LogP) is 2.26. The van der Waals surface area contributed by atoms with Crippen LogP contribution in [0, 0.1) is 5.92 Å². The van der Waals surface area contributed by atoms with E-state index < -0.39 is 5.97 Å². The molecule has 1 aromatic heterocycles. The van der Waals surface area contributed by atoms with Gasteiger partial charge in [-0.25, -0.2) is 9.48 Å². The molecule has 0 unspecified atom stereocenters. The van der Waals surface area contributed by atoms with Gasteiger partial charge in [-0.3, -0.25) is 0 Å². The Kier molecular flexibility index (Phi) is 7.54. The van der Waals surface area contributed by atoms with E-state index in [1.807, 2.05) is 0 Å². The molecule has 1 rings (SSSR count). The van der Waals surface area contributed by atoms with E-state index in [9.17, 15) is 4.79 Å². The van der Waals surface area contributed by atoms with E-state index in [1.165, 1.54) is 0 Å². The number of hydrogen-bond donors (Lipinski definition) is 0. The molecular formula is C13H22ClN3O3. The third kappa shape index (κ3) is 5.09. The second kappa shape index (κ2) is 8.92. The molecule has 0 N–H and O–H groups in total. The van der Waals surface area contributed by atoms with Crippen LogP contribution in [0.25, 0.3) is 0 Å². The molecule has 0 amide bonds. The number of aromatic nitrogens is 3. The summed E-state index contributed by atoms with van der Waals surface area (Å²) in [5.41, 5.74) is 0.751. The smallest absolute Gasteiger partial charge is 0.360 e. The van der Waals surface area contributed by atoms with E-state index in [0.29, 0.717) is 38.0 Å². The number of hydrogen-bond acceptors (Lipinski definition) is 5. The molecule has 1 heterocycles. The average molecular weight is 304 g/mol. The van der Waals surface area contributed by atoms with Crippen LogP contribution >= 0.6 is 11.6 Å². The molecule has 0 aliphatic rings. The van der Waals surface area contributed by atoms with Crippen LogP contribution in [-0.2, 0) is 21.9 Å². The summed E-state index contributed by atoms with van der Waals surface area (Å²) in [6, 6.07) is 0. The molecule has 0 bridgehead atoms. The zero-order chi connectivity index (χ0) is 15.0. The van der Waals surface area contributed by atoms with Crippen LogP contribution in [0.5, 0.6) is 0 Å². The Morgan fingerprint density at radius 3 is 2.75 bits per heavy atom. The summed E-state index contributed by atoms with van der Waals surface area (Å²) in [5, 5.41) is 7.76. The number of alkyl halides is 1. The molecule has 114 valence electrons.